The van der Waals surface area contributed by atoms with Crippen LogP contribution in [0, 0.1) is 0 Å². The lowest BCUT2D eigenvalue weighted by Crippen LogP contribution is -1.84. The Morgan fingerprint density at radius 1 is 1.50 bits per heavy atom. The Labute approximate surface area is 72.9 Å². The Bertz CT molecular complexity index is 89.0. The van der Waals surface area contributed by atoms with E-state index in [0.717, 1.165) is 19.3 Å². The average Bonchev–Trinajstić information content (AvgIpc) is 1.80. The van der Waals surface area contributed by atoms with E-state index >= 15 is 0 Å². The van der Waals surface area contributed by atoms with Gasteiger partial charge in [-0.15, -0.1) is 0 Å². The minimum atomic E-state index is -2.67. The lowest BCUT2D eigenvalue weighted by molar-refractivity contribution is 0.274. The molecule has 0 radical (unpaired) electrons. The summed E-state index contributed by atoms with van der Waals surface area (Å²) in [5.41, 5.74) is 0. The molecule has 1 atom stereocenters. The summed E-state index contributed by atoms with van der Waals surface area (Å²) in [5, 5.41) is 0. The van der Waals surface area contributed by atoms with E-state index in [0.29, 0.717) is 6.61 Å². The first kappa shape index (κ1) is 13.3. The lowest BCUT2D eigenvalue weighted by atomic mass is 10.3. The normalized spacial score (nSPS) is 12.2. The van der Waals surface area contributed by atoms with Gasteiger partial charge in [-0.25, -0.2) is 0 Å². The largest absolute Gasteiger partial charge is 0.326 e. The van der Waals surface area contributed by atoms with E-state index in [1.807, 2.05) is 0 Å². The maximum atomic E-state index is 9.93. The molecular weight excluding hydrogens is 166 g/mol. The SMILES string of the molecule is CCCCCO[PH](=O)O.[AlH3]. The molecule has 1 N–H and O–H groups in total. The van der Waals surface area contributed by atoms with Crippen molar-refractivity contribution in [2.75, 3.05) is 6.61 Å². The smallest absolute Gasteiger partial charge is 0.316 e. The Hall–Kier alpha value is 0.682. The number of hydrogen-bond donors (Lipinski definition) is 1. The zero-order valence-corrected chi connectivity index (χ0v) is 6.59. The van der Waals surface area contributed by atoms with Crippen LogP contribution in [0.3, 0.4) is 0 Å². The molecule has 62 valence electrons. The van der Waals surface area contributed by atoms with E-state index in [-0.39, 0.29) is 17.4 Å². The molecule has 0 amide bonds. The third-order valence-electron chi connectivity index (χ3n) is 0.973. The molecule has 0 fully saturated rings. The van der Waals surface area contributed by atoms with Crippen molar-refractivity contribution >= 4 is 25.6 Å². The molecule has 0 aromatic carbocycles. The second-order valence-corrected chi connectivity index (χ2v) is 2.64. The van der Waals surface area contributed by atoms with Crippen LogP contribution in [0.15, 0.2) is 0 Å². The van der Waals surface area contributed by atoms with Crippen molar-refractivity contribution in [2.24, 2.45) is 0 Å². The number of hydrogen-bond acceptors (Lipinski definition) is 2. The van der Waals surface area contributed by atoms with E-state index < -0.39 is 8.25 Å². The predicted molar refractivity (Wildman–Crippen MR) is 46.6 cm³/mol. The van der Waals surface area contributed by atoms with Crippen molar-refractivity contribution in [3.63, 3.8) is 0 Å². The second kappa shape index (κ2) is 9.68. The van der Waals surface area contributed by atoms with Crippen LogP contribution in [0.25, 0.3) is 0 Å². The third-order valence-corrected chi connectivity index (χ3v) is 1.42. The lowest BCUT2D eigenvalue weighted by Gasteiger charge is -1.96. The van der Waals surface area contributed by atoms with Gasteiger partial charge in [0.15, 0.2) is 17.4 Å². The number of rotatable bonds is 5. The van der Waals surface area contributed by atoms with Crippen molar-refractivity contribution in [2.45, 2.75) is 26.2 Å². The fourth-order valence-corrected chi connectivity index (χ4v) is 0.830. The summed E-state index contributed by atoms with van der Waals surface area (Å²) in [4.78, 5) is 8.18. The first-order valence-electron chi connectivity index (χ1n) is 3.13. The second-order valence-electron chi connectivity index (χ2n) is 1.82. The van der Waals surface area contributed by atoms with Crippen LogP contribution in [-0.4, -0.2) is 28.9 Å². The molecule has 5 heteroatoms. The molecular formula is C5H16AlO3P. The van der Waals surface area contributed by atoms with E-state index in [9.17, 15) is 4.57 Å². The molecule has 0 bridgehead atoms. The molecule has 0 aromatic heterocycles. The summed E-state index contributed by atoms with van der Waals surface area (Å²) in [6.45, 7) is 2.49. The Kier molecular flexibility index (Phi) is 12.9. The molecule has 1 unspecified atom stereocenters. The minimum Gasteiger partial charge on any atom is -0.326 e. The fraction of sp³-hybridized carbons (Fsp3) is 1.00. The maximum absolute atomic E-state index is 9.93. The highest BCUT2D eigenvalue weighted by Crippen LogP contribution is 2.14. The molecule has 0 saturated carbocycles. The molecule has 0 saturated heterocycles. The Morgan fingerprint density at radius 3 is 2.50 bits per heavy atom. The van der Waals surface area contributed by atoms with Crippen LogP contribution >= 0.6 is 8.25 Å². The summed E-state index contributed by atoms with van der Waals surface area (Å²) < 4.78 is 14.4. The Morgan fingerprint density at radius 2 is 2.10 bits per heavy atom. The molecule has 0 aliphatic heterocycles. The van der Waals surface area contributed by atoms with Gasteiger partial charge in [-0.1, -0.05) is 19.8 Å². The molecule has 0 spiro atoms. The Balaban J connectivity index is 0. The molecule has 0 rings (SSSR count). The zero-order chi connectivity index (χ0) is 7.11. The van der Waals surface area contributed by atoms with Gasteiger partial charge >= 0.3 is 8.25 Å². The molecule has 10 heavy (non-hydrogen) atoms. The van der Waals surface area contributed by atoms with Crippen LogP contribution in [0.2, 0.25) is 0 Å². The molecule has 0 aliphatic rings. The maximum Gasteiger partial charge on any atom is 0.316 e. The monoisotopic (exact) mass is 182 g/mol. The quantitative estimate of drug-likeness (QED) is 0.380. The third kappa shape index (κ3) is 11.5. The van der Waals surface area contributed by atoms with Crippen molar-refractivity contribution in [1.82, 2.24) is 0 Å². The fourth-order valence-electron chi connectivity index (χ4n) is 0.512. The van der Waals surface area contributed by atoms with Crippen LogP contribution in [0.1, 0.15) is 26.2 Å². The minimum absolute atomic E-state index is 0. The number of unbranched alkanes of at least 4 members (excludes halogenated alkanes) is 2. The van der Waals surface area contributed by atoms with Gasteiger partial charge in [0.05, 0.1) is 6.61 Å². The van der Waals surface area contributed by atoms with Crippen LogP contribution in [-0.2, 0) is 9.09 Å². The van der Waals surface area contributed by atoms with Crippen LogP contribution in [0.4, 0.5) is 0 Å². The van der Waals surface area contributed by atoms with Gasteiger partial charge in [0.1, 0.15) is 0 Å². The molecule has 0 aliphatic carbocycles. The van der Waals surface area contributed by atoms with E-state index in [1.165, 1.54) is 0 Å². The molecule has 0 heterocycles. The molecule has 0 aromatic rings. The first-order chi connectivity index (χ1) is 4.27. The van der Waals surface area contributed by atoms with Gasteiger partial charge in [-0.2, -0.15) is 0 Å². The van der Waals surface area contributed by atoms with Gasteiger partial charge in [0, 0.05) is 0 Å². The predicted octanol–water partition coefficient (Wildman–Crippen LogP) is 0.391. The summed E-state index contributed by atoms with van der Waals surface area (Å²) in [6.07, 6.45) is 3.05. The van der Waals surface area contributed by atoms with Gasteiger partial charge in [0.2, 0.25) is 0 Å². The van der Waals surface area contributed by atoms with Crippen LogP contribution < -0.4 is 0 Å². The highest BCUT2D eigenvalue weighted by Gasteiger charge is 1.89. The average molecular weight is 182 g/mol. The van der Waals surface area contributed by atoms with Crippen molar-refractivity contribution in [3.05, 3.63) is 0 Å². The van der Waals surface area contributed by atoms with Gasteiger partial charge in [-0.3, -0.25) is 4.57 Å². The standard InChI is InChI=1S/C5H13O3P.Al.3H/c1-2-3-4-5-8-9(6)7;;;;/h9H,2-5H2,1H3,(H,6,7);;;;. The van der Waals surface area contributed by atoms with Gasteiger partial charge in [-0.05, 0) is 6.42 Å². The summed E-state index contributed by atoms with van der Waals surface area (Å²) in [5.74, 6) is 0. The van der Waals surface area contributed by atoms with E-state index in [2.05, 4.69) is 11.4 Å². The topological polar surface area (TPSA) is 46.5 Å². The van der Waals surface area contributed by atoms with Crippen molar-refractivity contribution in [1.29, 1.82) is 0 Å². The summed E-state index contributed by atoms with van der Waals surface area (Å²) in [7, 11) is -2.67. The van der Waals surface area contributed by atoms with Gasteiger partial charge in [0.25, 0.3) is 0 Å². The van der Waals surface area contributed by atoms with Gasteiger partial charge < -0.3 is 9.42 Å². The van der Waals surface area contributed by atoms with Crippen molar-refractivity contribution < 1.29 is 14.0 Å². The highest BCUT2D eigenvalue weighted by molar-refractivity contribution is 7.32. The van der Waals surface area contributed by atoms with Crippen molar-refractivity contribution in [3.8, 4) is 0 Å². The zero-order valence-electron chi connectivity index (χ0n) is 5.59. The van der Waals surface area contributed by atoms with E-state index in [1.54, 1.807) is 0 Å². The van der Waals surface area contributed by atoms with E-state index in [4.69, 9.17) is 4.89 Å². The summed E-state index contributed by atoms with van der Waals surface area (Å²) >= 11 is 0. The van der Waals surface area contributed by atoms with Crippen LogP contribution in [0.5, 0.6) is 0 Å². The first-order valence-corrected chi connectivity index (χ1v) is 4.39. The molecule has 3 nitrogen and oxygen atoms in total. The summed E-state index contributed by atoms with van der Waals surface area (Å²) in [6, 6.07) is 0. The highest BCUT2D eigenvalue weighted by atomic mass is 31.1.